The zero-order valence-corrected chi connectivity index (χ0v) is 16.4. The first-order chi connectivity index (χ1) is 14.0. The maximum atomic E-state index is 11.3. The molecule has 0 radical (unpaired) electrons. The Balaban J connectivity index is 1.61. The highest BCUT2D eigenvalue weighted by atomic mass is 35.5. The van der Waals surface area contributed by atoms with E-state index in [-0.39, 0.29) is 30.5 Å². The van der Waals surface area contributed by atoms with Crippen molar-refractivity contribution in [2.45, 2.75) is 6.92 Å². The molecule has 0 N–H and O–H groups in total. The number of carbonyl (C=O) groups is 1. The van der Waals surface area contributed by atoms with E-state index in [9.17, 15) is 4.79 Å². The van der Waals surface area contributed by atoms with Crippen LogP contribution in [0.25, 0.3) is 11.1 Å². The van der Waals surface area contributed by atoms with Crippen LogP contribution in [-0.4, -0.2) is 34.1 Å². The highest BCUT2D eigenvalue weighted by Crippen LogP contribution is 2.25. The summed E-state index contributed by atoms with van der Waals surface area (Å²) in [6.07, 6.45) is 0. The summed E-state index contributed by atoms with van der Waals surface area (Å²) in [6, 6.07) is 17.4. The van der Waals surface area contributed by atoms with Crippen molar-refractivity contribution in [1.82, 2.24) is 15.0 Å². The van der Waals surface area contributed by atoms with E-state index in [0.29, 0.717) is 11.3 Å². The molecule has 0 saturated carbocycles. The molecule has 148 valence electrons. The smallest absolute Gasteiger partial charge is 0.333 e. The molecular formula is C21H18ClN3O4. The van der Waals surface area contributed by atoms with E-state index >= 15 is 0 Å². The normalized spacial score (nSPS) is 10.3. The maximum absolute atomic E-state index is 11.3. The number of benzene rings is 2. The third-order valence-corrected chi connectivity index (χ3v) is 3.80. The van der Waals surface area contributed by atoms with Crippen LogP contribution in [0.15, 0.2) is 66.7 Å². The molecule has 0 aliphatic heterocycles. The Morgan fingerprint density at radius 1 is 0.931 bits per heavy atom. The summed E-state index contributed by atoms with van der Waals surface area (Å²) in [5, 5.41) is -0.0789. The summed E-state index contributed by atoms with van der Waals surface area (Å²) >= 11 is 5.91. The number of esters is 1. The first-order valence-electron chi connectivity index (χ1n) is 8.71. The first kappa shape index (κ1) is 20.3. The molecule has 1 heterocycles. The van der Waals surface area contributed by atoms with Gasteiger partial charge in [0, 0.05) is 5.57 Å². The molecule has 0 atom stereocenters. The Morgan fingerprint density at radius 3 is 2.28 bits per heavy atom. The van der Waals surface area contributed by atoms with E-state index in [4.69, 9.17) is 25.8 Å². The molecule has 0 saturated heterocycles. The van der Waals surface area contributed by atoms with Gasteiger partial charge in [0.25, 0.3) is 0 Å². The molecule has 3 aromatic rings. The highest BCUT2D eigenvalue weighted by Gasteiger charge is 2.10. The Hall–Kier alpha value is -3.45. The van der Waals surface area contributed by atoms with Crippen LogP contribution in [0.3, 0.4) is 0 Å². The lowest BCUT2D eigenvalue weighted by atomic mass is 10.1. The third-order valence-electron chi connectivity index (χ3n) is 3.63. The predicted molar refractivity (Wildman–Crippen MR) is 108 cm³/mol. The Labute approximate surface area is 173 Å². The fourth-order valence-electron chi connectivity index (χ4n) is 2.27. The van der Waals surface area contributed by atoms with Crippen molar-refractivity contribution in [3.8, 4) is 28.9 Å². The molecule has 0 aliphatic carbocycles. The zero-order chi connectivity index (χ0) is 20.6. The molecule has 0 bridgehead atoms. The minimum absolute atomic E-state index is 0.00797. The lowest BCUT2D eigenvalue weighted by Crippen LogP contribution is -2.13. The van der Waals surface area contributed by atoms with Crippen LogP contribution >= 0.6 is 11.6 Å². The van der Waals surface area contributed by atoms with Crippen molar-refractivity contribution in [3.63, 3.8) is 0 Å². The minimum Gasteiger partial charge on any atom is -0.460 e. The number of carbonyl (C=O) groups excluding carboxylic acids is 1. The van der Waals surface area contributed by atoms with Gasteiger partial charge in [-0.05, 0) is 41.8 Å². The molecule has 0 amide bonds. The quantitative estimate of drug-likeness (QED) is 0.307. The Bertz CT molecular complexity index is 995. The van der Waals surface area contributed by atoms with E-state index < -0.39 is 5.97 Å². The second-order valence-corrected chi connectivity index (χ2v) is 6.26. The molecule has 0 aliphatic rings. The molecule has 7 nitrogen and oxygen atoms in total. The molecule has 0 unspecified atom stereocenters. The van der Waals surface area contributed by atoms with Gasteiger partial charge >= 0.3 is 18.0 Å². The molecule has 0 fully saturated rings. The van der Waals surface area contributed by atoms with Gasteiger partial charge in [-0.3, -0.25) is 0 Å². The standard InChI is InChI=1S/C21H18ClN3O4/c1-14(2)18(26)27-12-13-28-20-23-19(22)24-21(25-20)29-17-10-8-16(9-11-17)15-6-4-3-5-7-15/h3-11H,1,12-13H2,2H3. The van der Waals surface area contributed by atoms with Crippen LogP contribution in [0, 0.1) is 0 Å². The van der Waals surface area contributed by atoms with Gasteiger partial charge < -0.3 is 14.2 Å². The molecule has 2 aromatic carbocycles. The van der Waals surface area contributed by atoms with Crippen molar-refractivity contribution in [2.75, 3.05) is 13.2 Å². The summed E-state index contributed by atoms with van der Waals surface area (Å²) in [4.78, 5) is 23.2. The number of hydrogen-bond acceptors (Lipinski definition) is 7. The van der Waals surface area contributed by atoms with Gasteiger partial charge in [0.05, 0.1) is 0 Å². The summed E-state index contributed by atoms with van der Waals surface area (Å²) in [5.74, 6) is 0.0403. The number of aromatic nitrogens is 3. The van der Waals surface area contributed by atoms with Gasteiger partial charge in [-0.15, -0.1) is 4.98 Å². The monoisotopic (exact) mass is 411 g/mol. The lowest BCUT2D eigenvalue weighted by molar-refractivity contribution is -0.139. The van der Waals surface area contributed by atoms with E-state index in [1.165, 1.54) is 0 Å². The van der Waals surface area contributed by atoms with Gasteiger partial charge in [0.15, 0.2) is 0 Å². The highest BCUT2D eigenvalue weighted by molar-refractivity contribution is 6.28. The van der Waals surface area contributed by atoms with Crippen molar-refractivity contribution in [1.29, 1.82) is 0 Å². The van der Waals surface area contributed by atoms with Crippen molar-refractivity contribution in [3.05, 3.63) is 72.0 Å². The molecule has 3 rings (SSSR count). The molecular weight excluding hydrogens is 394 g/mol. The van der Waals surface area contributed by atoms with E-state index in [1.807, 2.05) is 42.5 Å². The van der Waals surface area contributed by atoms with Gasteiger partial charge in [-0.25, -0.2) is 4.79 Å². The van der Waals surface area contributed by atoms with E-state index in [1.54, 1.807) is 19.1 Å². The fourth-order valence-corrected chi connectivity index (χ4v) is 2.41. The van der Waals surface area contributed by atoms with Crippen LogP contribution in [-0.2, 0) is 9.53 Å². The Kier molecular flexibility index (Phi) is 6.76. The van der Waals surface area contributed by atoms with Crippen LogP contribution in [0.1, 0.15) is 6.92 Å². The minimum atomic E-state index is -0.495. The van der Waals surface area contributed by atoms with E-state index in [0.717, 1.165) is 11.1 Å². The van der Waals surface area contributed by atoms with Gasteiger partial charge in [-0.2, -0.15) is 9.97 Å². The van der Waals surface area contributed by atoms with E-state index in [2.05, 4.69) is 21.5 Å². The van der Waals surface area contributed by atoms with Crippen LogP contribution in [0.4, 0.5) is 0 Å². The topological polar surface area (TPSA) is 83.4 Å². The van der Waals surface area contributed by atoms with Crippen molar-refractivity contribution < 1.29 is 19.0 Å². The van der Waals surface area contributed by atoms with Crippen LogP contribution in [0.2, 0.25) is 5.28 Å². The largest absolute Gasteiger partial charge is 0.460 e. The SMILES string of the molecule is C=C(C)C(=O)OCCOc1nc(Cl)nc(Oc2ccc(-c3ccccc3)cc2)n1. The number of halogens is 1. The summed E-state index contributed by atoms with van der Waals surface area (Å²) in [6.45, 7) is 5.12. The molecule has 1 aromatic heterocycles. The van der Waals surface area contributed by atoms with Crippen molar-refractivity contribution in [2.24, 2.45) is 0 Å². The number of ether oxygens (including phenoxy) is 3. The number of rotatable bonds is 8. The average Bonchev–Trinajstić information content (AvgIpc) is 2.72. The number of nitrogens with zero attached hydrogens (tertiary/aromatic N) is 3. The summed E-state index contributed by atoms with van der Waals surface area (Å²) in [5.41, 5.74) is 2.47. The zero-order valence-electron chi connectivity index (χ0n) is 15.7. The third kappa shape index (κ3) is 6.02. The lowest BCUT2D eigenvalue weighted by Gasteiger charge is -2.08. The Morgan fingerprint density at radius 2 is 1.59 bits per heavy atom. The van der Waals surface area contributed by atoms with Crippen LogP contribution in [0.5, 0.6) is 17.8 Å². The summed E-state index contributed by atoms with van der Waals surface area (Å²) in [7, 11) is 0. The maximum Gasteiger partial charge on any atom is 0.333 e. The predicted octanol–water partition coefficient (Wildman–Crippen LogP) is 4.48. The molecule has 29 heavy (non-hydrogen) atoms. The number of hydrogen-bond donors (Lipinski definition) is 0. The van der Waals surface area contributed by atoms with Gasteiger partial charge in [-0.1, -0.05) is 49.0 Å². The second kappa shape index (κ2) is 9.66. The average molecular weight is 412 g/mol. The summed E-state index contributed by atoms with van der Waals surface area (Å²) < 4.78 is 15.9. The molecule has 8 heteroatoms. The second-order valence-electron chi connectivity index (χ2n) is 5.93. The fraction of sp³-hybridized carbons (Fsp3) is 0.143. The molecule has 0 spiro atoms. The van der Waals surface area contributed by atoms with Crippen LogP contribution < -0.4 is 9.47 Å². The van der Waals surface area contributed by atoms with Gasteiger partial charge in [0.2, 0.25) is 5.28 Å². The first-order valence-corrected chi connectivity index (χ1v) is 9.09. The van der Waals surface area contributed by atoms with Crippen molar-refractivity contribution >= 4 is 17.6 Å². The van der Waals surface area contributed by atoms with Gasteiger partial charge in [0.1, 0.15) is 19.0 Å².